The summed E-state index contributed by atoms with van der Waals surface area (Å²) in [6.45, 7) is 4.63. The molecular weight excluding hydrogens is 697 g/mol. The van der Waals surface area contributed by atoms with Crippen LogP contribution in [-0.2, 0) is 11.4 Å². The van der Waals surface area contributed by atoms with Gasteiger partial charge in [0.1, 0.15) is 6.61 Å². The molecule has 0 fully saturated rings. The molecule has 0 atom stereocenters. The third kappa shape index (κ3) is 9.35. The minimum absolute atomic E-state index is 0.245. The Bertz CT molecular complexity index is 1620. The molecule has 4 rings (SSSR count). The van der Waals surface area contributed by atoms with Gasteiger partial charge in [-0.15, -0.1) is 0 Å². The predicted octanol–water partition coefficient (Wildman–Crippen LogP) is 7.10. The van der Waals surface area contributed by atoms with Gasteiger partial charge < -0.3 is 24.3 Å². The van der Waals surface area contributed by atoms with Crippen molar-refractivity contribution in [1.29, 1.82) is 0 Å². The van der Waals surface area contributed by atoms with E-state index in [1.54, 1.807) is 54.6 Å². The highest BCUT2D eigenvalue weighted by Crippen LogP contribution is 2.34. The van der Waals surface area contributed by atoms with Gasteiger partial charge in [-0.3, -0.25) is 9.59 Å². The van der Waals surface area contributed by atoms with Crippen LogP contribution in [0, 0.1) is 3.57 Å². The maximum Gasteiger partial charge on any atom is 0.271 e. The van der Waals surface area contributed by atoms with Crippen molar-refractivity contribution in [2.24, 2.45) is 5.10 Å². The van der Waals surface area contributed by atoms with E-state index in [-0.39, 0.29) is 12.5 Å². The van der Waals surface area contributed by atoms with E-state index in [0.29, 0.717) is 68.2 Å². The molecule has 4 aromatic rings. The summed E-state index contributed by atoms with van der Waals surface area (Å²) < 4.78 is 23.9. The molecule has 0 spiro atoms. The molecule has 11 heteroatoms. The van der Waals surface area contributed by atoms with Gasteiger partial charge in [0.25, 0.3) is 11.8 Å². The lowest BCUT2D eigenvalue weighted by molar-refractivity contribution is -0.118. The Hall–Kier alpha value is -4.29. The van der Waals surface area contributed by atoms with Crippen molar-refractivity contribution in [3.8, 4) is 23.0 Å². The Labute approximate surface area is 274 Å². The fourth-order valence-electron chi connectivity index (χ4n) is 3.95. The quantitative estimate of drug-likeness (QED) is 0.0816. The highest BCUT2D eigenvalue weighted by Gasteiger charge is 2.15. The minimum Gasteiger partial charge on any atom is -0.490 e. The summed E-state index contributed by atoms with van der Waals surface area (Å²) in [6.07, 6.45) is 1.50. The number of para-hydroxylation sites is 1. The van der Waals surface area contributed by atoms with Gasteiger partial charge in [0.2, 0.25) is 0 Å². The molecule has 0 bridgehead atoms. The summed E-state index contributed by atoms with van der Waals surface area (Å²) in [5.41, 5.74) is 5.08. The normalized spacial score (nSPS) is 10.7. The number of nitrogens with one attached hydrogen (secondary N) is 2. The molecule has 2 N–H and O–H groups in total. The molecule has 2 amide bonds. The van der Waals surface area contributed by atoms with Gasteiger partial charge >= 0.3 is 0 Å². The summed E-state index contributed by atoms with van der Waals surface area (Å²) >= 11 is 8.21. The molecule has 9 nitrogen and oxygen atoms in total. The number of carbonyl (C=O) groups is 2. The summed E-state index contributed by atoms with van der Waals surface area (Å²) in [7, 11) is 0. The number of ether oxygens (including phenoxy) is 4. The number of hydrazone groups is 1. The van der Waals surface area contributed by atoms with E-state index >= 15 is 0 Å². The lowest BCUT2D eigenvalue weighted by Crippen LogP contribution is -2.21. The van der Waals surface area contributed by atoms with Gasteiger partial charge in [-0.05, 0) is 90.0 Å². The monoisotopic (exact) mass is 727 g/mol. The number of carbonyl (C=O) groups excluding carboxylic acids is 2. The maximum atomic E-state index is 12.9. The molecule has 0 aliphatic rings. The van der Waals surface area contributed by atoms with Gasteiger partial charge in [-0.1, -0.05) is 54.1 Å². The molecule has 4 aromatic carbocycles. The Morgan fingerprint density at radius 1 is 0.841 bits per heavy atom. The van der Waals surface area contributed by atoms with Crippen molar-refractivity contribution in [1.82, 2.24) is 5.43 Å². The Morgan fingerprint density at radius 2 is 1.57 bits per heavy atom. The van der Waals surface area contributed by atoms with Crippen LogP contribution in [0.1, 0.15) is 35.3 Å². The first-order chi connectivity index (χ1) is 21.4. The zero-order valence-electron chi connectivity index (χ0n) is 24.1. The van der Waals surface area contributed by atoms with E-state index in [4.69, 9.17) is 30.5 Å². The second-order valence-corrected chi connectivity index (χ2v) is 10.7. The smallest absolute Gasteiger partial charge is 0.271 e. The van der Waals surface area contributed by atoms with Crippen LogP contribution in [0.2, 0.25) is 5.02 Å². The minimum atomic E-state index is -0.416. The SMILES string of the molecule is CCOc1cc(C(=O)N/N=C/c2cc(I)c(OCC(=O)Nc3ccccc3Cl)c(OCC)c2)ccc1OCc1ccccc1. The van der Waals surface area contributed by atoms with Gasteiger partial charge in [-0.2, -0.15) is 5.10 Å². The van der Waals surface area contributed by atoms with Crippen molar-refractivity contribution in [2.75, 3.05) is 25.1 Å². The molecule has 228 valence electrons. The lowest BCUT2D eigenvalue weighted by atomic mass is 10.2. The van der Waals surface area contributed by atoms with E-state index in [9.17, 15) is 9.59 Å². The molecule has 0 radical (unpaired) electrons. The van der Waals surface area contributed by atoms with E-state index in [1.807, 2.05) is 44.2 Å². The standard InChI is InChI=1S/C33H31ClIN3O6/c1-3-41-29-18-24(14-15-28(29)43-20-22-10-6-5-7-11-22)33(40)38-36-19-23-16-26(35)32(30(17-23)42-4-2)44-21-31(39)37-27-13-9-8-12-25(27)34/h5-19H,3-4,20-21H2,1-2H3,(H,37,39)(H,38,40)/b36-19+. The number of rotatable bonds is 14. The fraction of sp³-hybridized carbons (Fsp3) is 0.182. The average Bonchev–Trinajstić information content (AvgIpc) is 3.02. The number of nitrogens with zero attached hydrogens (tertiary/aromatic N) is 1. The fourth-order valence-corrected chi connectivity index (χ4v) is 4.92. The number of anilines is 1. The molecule has 0 aromatic heterocycles. The summed E-state index contributed by atoms with van der Waals surface area (Å²) in [4.78, 5) is 25.3. The van der Waals surface area contributed by atoms with Gasteiger partial charge in [0.15, 0.2) is 29.6 Å². The van der Waals surface area contributed by atoms with E-state index in [0.717, 1.165) is 5.56 Å². The first-order valence-electron chi connectivity index (χ1n) is 13.8. The highest BCUT2D eigenvalue weighted by atomic mass is 127. The largest absolute Gasteiger partial charge is 0.490 e. The number of benzene rings is 4. The van der Waals surface area contributed by atoms with Gasteiger partial charge in [-0.25, -0.2) is 5.43 Å². The molecule has 0 aliphatic heterocycles. The summed E-state index contributed by atoms with van der Waals surface area (Å²) in [5.74, 6) is 1.07. The second kappa shape index (κ2) is 16.5. The van der Waals surface area contributed by atoms with E-state index in [1.165, 1.54) is 6.21 Å². The third-order valence-corrected chi connectivity index (χ3v) is 7.08. The van der Waals surface area contributed by atoms with Crippen LogP contribution in [0.5, 0.6) is 23.0 Å². The number of amides is 2. The number of hydrogen-bond acceptors (Lipinski definition) is 7. The first-order valence-corrected chi connectivity index (χ1v) is 15.2. The zero-order chi connectivity index (χ0) is 31.3. The molecule has 0 heterocycles. The Balaban J connectivity index is 1.39. The van der Waals surface area contributed by atoms with Crippen LogP contribution in [0.15, 0.2) is 90.0 Å². The highest BCUT2D eigenvalue weighted by molar-refractivity contribution is 14.1. The van der Waals surface area contributed by atoms with Crippen LogP contribution >= 0.6 is 34.2 Å². The van der Waals surface area contributed by atoms with Crippen molar-refractivity contribution in [3.63, 3.8) is 0 Å². The van der Waals surface area contributed by atoms with Crippen LogP contribution in [0.3, 0.4) is 0 Å². The van der Waals surface area contributed by atoms with Crippen molar-refractivity contribution < 1.29 is 28.5 Å². The van der Waals surface area contributed by atoms with Gasteiger partial charge in [0, 0.05) is 5.56 Å². The van der Waals surface area contributed by atoms with Crippen molar-refractivity contribution in [2.45, 2.75) is 20.5 Å². The predicted molar refractivity (Wildman–Crippen MR) is 179 cm³/mol. The lowest BCUT2D eigenvalue weighted by Gasteiger charge is -2.15. The van der Waals surface area contributed by atoms with Crippen LogP contribution < -0.4 is 29.7 Å². The molecule has 0 aliphatic carbocycles. The molecule has 0 saturated heterocycles. The number of hydrogen-bond donors (Lipinski definition) is 2. The molecule has 0 unspecified atom stereocenters. The summed E-state index contributed by atoms with van der Waals surface area (Å²) in [5, 5.41) is 7.28. The van der Waals surface area contributed by atoms with E-state index in [2.05, 4.69) is 38.4 Å². The Morgan fingerprint density at radius 3 is 2.32 bits per heavy atom. The van der Waals surface area contributed by atoms with Crippen LogP contribution in [0.25, 0.3) is 0 Å². The van der Waals surface area contributed by atoms with Gasteiger partial charge in [0.05, 0.1) is 33.7 Å². The second-order valence-electron chi connectivity index (χ2n) is 9.15. The molecular formula is C33H31ClIN3O6. The maximum absolute atomic E-state index is 12.9. The van der Waals surface area contributed by atoms with E-state index < -0.39 is 5.91 Å². The van der Waals surface area contributed by atoms with Crippen molar-refractivity contribution in [3.05, 3.63) is 110 Å². The molecule has 0 saturated carbocycles. The zero-order valence-corrected chi connectivity index (χ0v) is 27.1. The van der Waals surface area contributed by atoms with Crippen molar-refractivity contribution >= 4 is 57.9 Å². The topological polar surface area (TPSA) is 107 Å². The number of halogens is 2. The molecule has 44 heavy (non-hydrogen) atoms. The summed E-state index contributed by atoms with van der Waals surface area (Å²) in [6, 6.07) is 25.2. The van der Waals surface area contributed by atoms with Crippen LogP contribution in [0.4, 0.5) is 5.69 Å². The third-order valence-electron chi connectivity index (χ3n) is 5.95. The Kier molecular flexibility index (Phi) is 12.3. The average molecular weight is 728 g/mol. The first kappa shape index (κ1) is 32.6. The van der Waals surface area contributed by atoms with Crippen LogP contribution in [-0.4, -0.2) is 37.8 Å².